The third kappa shape index (κ3) is 3.96. The minimum Gasteiger partial charge on any atom is -0.381 e. The van der Waals surface area contributed by atoms with E-state index in [4.69, 9.17) is 0 Å². The fraction of sp³-hybridized carbons (Fsp3) is 0.222. The lowest BCUT2D eigenvalue weighted by Crippen LogP contribution is -2.44. The van der Waals surface area contributed by atoms with Crippen molar-refractivity contribution >= 4 is 11.4 Å². The van der Waals surface area contributed by atoms with Crippen LogP contribution < -0.4 is 10.6 Å². The van der Waals surface area contributed by atoms with E-state index in [-0.39, 0.29) is 6.29 Å². The van der Waals surface area contributed by atoms with Gasteiger partial charge < -0.3 is 10.6 Å². The summed E-state index contributed by atoms with van der Waals surface area (Å²) in [6.45, 7) is 0.811. The number of nitrogens with zero attached hydrogens (tertiary/aromatic N) is 3. The fourth-order valence-electron chi connectivity index (χ4n) is 2.33. The maximum Gasteiger partial charge on any atom is 0.283 e. The molecule has 2 aromatic carbocycles. The van der Waals surface area contributed by atoms with E-state index >= 15 is 0 Å². The van der Waals surface area contributed by atoms with Crippen molar-refractivity contribution in [3.63, 3.8) is 0 Å². The van der Waals surface area contributed by atoms with E-state index in [1.54, 1.807) is 0 Å². The second-order valence-electron chi connectivity index (χ2n) is 6.09. The summed E-state index contributed by atoms with van der Waals surface area (Å²) in [5.74, 6) is 0. The van der Waals surface area contributed by atoms with Crippen LogP contribution in [-0.4, -0.2) is 24.9 Å². The number of rotatable bonds is 5. The van der Waals surface area contributed by atoms with Crippen molar-refractivity contribution in [2.24, 2.45) is 10.2 Å². The number of hydrogen-bond acceptors (Lipinski definition) is 4. The van der Waals surface area contributed by atoms with Gasteiger partial charge in [-0.05, 0) is 29.8 Å². The molecule has 0 bridgehead atoms. The molecule has 2 N–H and O–H groups in total. The zero-order valence-electron chi connectivity index (χ0n) is 13.5. The van der Waals surface area contributed by atoms with Crippen molar-refractivity contribution in [3.05, 3.63) is 72.6 Å². The van der Waals surface area contributed by atoms with Crippen LogP contribution in [0.25, 0.3) is 0 Å². The first-order valence-corrected chi connectivity index (χ1v) is 7.69. The van der Waals surface area contributed by atoms with Gasteiger partial charge in [0, 0.05) is 12.2 Å². The first-order valence-electron chi connectivity index (χ1n) is 7.69. The highest BCUT2D eigenvalue weighted by atomic mass is 15.5. The predicted octanol–water partition coefficient (Wildman–Crippen LogP) is 3.82. The third-order valence-corrected chi connectivity index (χ3v) is 3.82. The Kier molecular flexibility index (Phi) is 4.39. The molecular formula is C18H22N5+. The van der Waals surface area contributed by atoms with Crippen LogP contribution in [0.5, 0.6) is 0 Å². The lowest BCUT2D eigenvalue weighted by Gasteiger charge is -2.24. The predicted molar refractivity (Wildman–Crippen MR) is 92.9 cm³/mol. The molecule has 5 heteroatoms. The van der Waals surface area contributed by atoms with Crippen molar-refractivity contribution < 1.29 is 4.48 Å². The summed E-state index contributed by atoms with van der Waals surface area (Å²) in [5.41, 5.74) is 3.18. The Morgan fingerprint density at radius 2 is 1.78 bits per heavy atom. The Morgan fingerprint density at radius 1 is 1.04 bits per heavy atom. The highest BCUT2D eigenvalue weighted by Gasteiger charge is 2.29. The summed E-state index contributed by atoms with van der Waals surface area (Å²) in [5, 5.41) is 15.3. The second-order valence-corrected chi connectivity index (χ2v) is 6.09. The molecule has 0 saturated heterocycles. The molecule has 1 atom stereocenters. The molecule has 0 aliphatic carbocycles. The van der Waals surface area contributed by atoms with Crippen molar-refractivity contribution in [2.75, 3.05) is 19.4 Å². The van der Waals surface area contributed by atoms with Crippen LogP contribution in [0.3, 0.4) is 0 Å². The summed E-state index contributed by atoms with van der Waals surface area (Å²) in [6, 6.07) is 18.3. The lowest BCUT2D eigenvalue weighted by molar-refractivity contribution is -0.861. The molecule has 0 aromatic heterocycles. The van der Waals surface area contributed by atoms with E-state index in [1.807, 2.05) is 48.7 Å². The molecule has 1 heterocycles. The van der Waals surface area contributed by atoms with Crippen LogP contribution in [-0.2, 0) is 6.54 Å². The van der Waals surface area contributed by atoms with Crippen LogP contribution in [0.2, 0.25) is 0 Å². The molecule has 0 radical (unpaired) electrons. The fourth-order valence-corrected chi connectivity index (χ4v) is 2.33. The number of benzene rings is 2. The standard InChI is InChI=1S/C18H22N5/c1-23(2)13-12-19-18(23)22-21-17-10-8-16(9-11-17)20-14-15-6-4-3-5-7-15/h3-13,18-20H,14H2,1-2H3/q+1. The number of hydrogen-bond donors (Lipinski definition) is 2. The van der Waals surface area contributed by atoms with Gasteiger partial charge in [0.2, 0.25) is 0 Å². The number of quaternary nitrogens is 1. The zero-order chi connectivity index (χ0) is 16.1. The molecule has 5 nitrogen and oxygen atoms in total. The molecule has 0 saturated carbocycles. The van der Waals surface area contributed by atoms with E-state index in [0.29, 0.717) is 4.48 Å². The molecule has 2 aromatic rings. The zero-order valence-corrected chi connectivity index (χ0v) is 13.5. The monoisotopic (exact) mass is 308 g/mol. The normalized spacial score (nSPS) is 19.0. The average Bonchev–Trinajstić information content (AvgIpc) is 2.91. The Bertz CT molecular complexity index is 689. The molecule has 23 heavy (non-hydrogen) atoms. The van der Waals surface area contributed by atoms with Gasteiger partial charge in [0.1, 0.15) is 6.20 Å². The minimum atomic E-state index is -0.0640. The third-order valence-electron chi connectivity index (χ3n) is 3.82. The van der Waals surface area contributed by atoms with Crippen molar-refractivity contribution in [1.82, 2.24) is 5.32 Å². The summed E-state index contributed by atoms with van der Waals surface area (Å²) in [6.07, 6.45) is 3.91. The molecular weight excluding hydrogens is 286 g/mol. The van der Waals surface area contributed by atoms with Crippen LogP contribution in [0.4, 0.5) is 11.4 Å². The smallest absolute Gasteiger partial charge is 0.283 e. The van der Waals surface area contributed by atoms with E-state index in [9.17, 15) is 0 Å². The molecule has 1 aliphatic rings. The molecule has 0 spiro atoms. The molecule has 3 rings (SSSR count). The summed E-state index contributed by atoms with van der Waals surface area (Å²) < 4.78 is 0.653. The van der Waals surface area contributed by atoms with Gasteiger partial charge in [0.15, 0.2) is 0 Å². The van der Waals surface area contributed by atoms with Crippen molar-refractivity contribution in [3.8, 4) is 0 Å². The first-order chi connectivity index (χ1) is 11.1. The van der Waals surface area contributed by atoms with Gasteiger partial charge in [-0.3, -0.25) is 4.48 Å². The topological polar surface area (TPSA) is 48.8 Å². The number of anilines is 1. The SMILES string of the molecule is C[N+]1(C)C=CNC1N=Nc1ccc(NCc2ccccc2)cc1. The van der Waals surface area contributed by atoms with Crippen LogP contribution >= 0.6 is 0 Å². The first kappa shape index (κ1) is 15.2. The van der Waals surface area contributed by atoms with Crippen LogP contribution in [0, 0.1) is 0 Å². The average molecular weight is 308 g/mol. The van der Waals surface area contributed by atoms with Gasteiger partial charge in [0.25, 0.3) is 6.29 Å². The van der Waals surface area contributed by atoms with Gasteiger partial charge in [-0.1, -0.05) is 30.3 Å². The summed E-state index contributed by atoms with van der Waals surface area (Å²) in [4.78, 5) is 0. The van der Waals surface area contributed by atoms with E-state index in [2.05, 4.69) is 53.3 Å². The molecule has 1 unspecified atom stereocenters. The molecule has 0 amide bonds. The van der Waals surface area contributed by atoms with Gasteiger partial charge in [-0.2, -0.15) is 0 Å². The number of azo groups is 1. The quantitative estimate of drug-likeness (QED) is 0.651. The number of nitrogens with one attached hydrogen (secondary N) is 2. The van der Waals surface area contributed by atoms with E-state index < -0.39 is 0 Å². The van der Waals surface area contributed by atoms with Gasteiger partial charge in [-0.15, -0.1) is 10.2 Å². The summed E-state index contributed by atoms with van der Waals surface area (Å²) in [7, 11) is 4.16. The molecule has 118 valence electrons. The maximum atomic E-state index is 4.37. The van der Waals surface area contributed by atoms with E-state index in [1.165, 1.54) is 5.56 Å². The van der Waals surface area contributed by atoms with Crippen molar-refractivity contribution in [2.45, 2.75) is 12.8 Å². The molecule has 1 aliphatic heterocycles. The van der Waals surface area contributed by atoms with Crippen LogP contribution in [0.1, 0.15) is 5.56 Å². The minimum absolute atomic E-state index is 0.0640. The van der Waals surface area contributed by atoms with E-state index in [0.717, 1.165) is 17.9 Å². The lowest BCUT2D eigenvalue weighted by atomic mass is 10.2. The Balaban J connectivity index is 1.57. The Morgan fingerprint density at radius 3 is 2.43 bits per heavy atom. The van der Waals surface area contributed by atoms with Gasteiger partial charge in [-0.25, -0.2) is 0 Å². The largest absolute Gasteiger partial charge is 0.381 e. The van der Waals surface area contributed by atoms with Crippen molar-refractivity contribution in [1.29, 1.82) is 0 Å². The maximum absolute atomic E-state index is 4.37. The Labute approximate surface area is 136 Å². The van der Waals surface area contributed by atoms with Gasteiger partial charge >= 0.3 is 0 Å². The van der Waals surface area contributed by atoms with Crippen LogP contribution in [0.15, 0.2) is 77.2 Å². The highest BCUT2D eigenvalue weighted by molar-refractivity contribution is 5.50. The highest BCUT2D eigenvalue weighted by Crippen LogP contribution is 2.20. The van der Waals surface area contributed by atoms with Gasteiger partial charge in [0.05, 0.1) is 26.0 Å². The summed E-state index contributed by atoms with van der Waals surface area (Å²) >= 11 is 0. The second kappa shape index (κ2) is 6.62. The molecule has 0 fully saturated rings. The Hall–Kier alpha value is -2.66.